The summed E-state index contributed by atoms with van der Waals surface area (Å²) in [5.41, 5.74) is 0.974. The Hall–Kier alpha value is -0.780. The molecule has 0 saturated heterocycles. The van der Waals surface area contributed by atoms with Crippen LogP contribution in [0.25, 0.3) is 0 Å². The summed E-state index contributed by atoms with van der Waals surface area (Å²) in [7, 11) is 1.38. The molecule has 88 valence electrons. The van der Waals surface area contributed by atoms with Crippen molar-refractivity contribution < 1.29 is 9.53 Å². The summed E-state index contributed by atoms with van der Waals surface area (Å²) in [5.74, 6) is 0.226. The second kappa shape index (κ2) is 7.49. The molecule has 0 saturated carbocycles. The summed E-state index contributed by atoms with van der Waals surface area (Å²) < 4.78 is 7.57. The number of halogens is 1. The van der Waals surface area contributed by atoms with Crippen molar-refractivity contribution in [2.75, 3.05) is 13.7 Å². The first-order chi connectivity index (χ1) is 7.76. The molecule has 0 amide bonds. The highest BCUT2D eigenvalue weighted by molar-refractivity contribution is 7.97. The molecule has 1 aromatic heterocycles. The number of carbonyl (C=O) groups excluding carboxylic acids is 1. The molecule has 0 radical (unpaired) electrons. The van der Waals surface area contributed by atoms with E-state index in [0.717, 1.165) is 10.5 Å². The molecule has 1 rings (SSSR count). The number of nitrogens with zero attached hydrogens (tertiary/aromatic N) is 1. The number of aromatic nitrogens is 1. The first-order valence-electron chi connectivity index (χ1n) is 4.72. The molecular weight excluding hydrogens is 248 g/mol. The Morgan fingerprint density at radius 2 is 2.44 bits per heavy atom. The minimum Gasteiger partial charge on any atom is -0.469 e. The van der Waals surface area contributed by atoms with E-state index in [1.165, 1.54) is 19.1 Å². The topological polar surface area (TPSA) is 51.2 Å². The largest absolute Gasteiger partial charge is 0.469 e. The van der Waals surface area contributed by atoms with Crippen LogP contribution in [0.2, 0.25) is 0 Å². The summed E-state index contributed by atoms with van der Waals surface area (Å²) in [4.78, 5) is 15.8. The summed E-state index contributed by atoms with van der Waals surface area (Å²) in [5, 5.41) is 0. The van der Waals surface area contributed by atoms with Gasteiger partial charge in [0.1, 0.15) is 0 Å². The summed E-state index contributed by atoms with van der Waals surface area (Å²) in [6.07, 6.45) is 3.82. The quantitative estimate of drug-likeness (QED) is 0.367. The van der Waals surface area contributed by atoms with E-state index in [1.807, 2.05) is 6.07 Å². The van der Waals surface area contributed by atoms with Crippen LogP contribution in [0.3, 0.4) is 0 Å². The number of methoxy groups -OCH3 is 1. The van der Waals surface area contributed by atoms with E-state index >= 15 is 0 Å². The lowest BCUT2D eigenvalue weighted by Gasteiger charge is -2.03. The fourth-order valence-electron chi connectivity index (χ4n) is 0.982. The summed E-state index contributed by atoms with van der Waals surface area (Å²) >= 11 is 7.11. The average Bonchev–Trinajstić information content (AvgIpc) is 2.34. The van der Waals surface area contributed by atoms with Crippen LogP contribution in [0.15, 0.2) is 23.4 Å². The van der Waals surface area contributed by atoms with E-state index in [0.29, 0.717) is 18.8 Å². The van der Waals surface area contributed by atoms with Crippen molar-refractivity contribution in [1.29, 1.82) is 0 Å². The van der Waals surface area contributed by atoms with Crippen molar-refractivity contribution >= 4 is 29.5 Å². The van der Waals surface area contributed by atoms with Crippen molar-refractivity contribution in [3.63, 3.8) is 0 Å². The maximum absolute atomic E-state index is 10.8. The van der Waals surface area contributed by atoms with Gasteiger partial charge in [0.15, 0.2) is 0 Å². The van der Waals surface area contributed by atoms with Gasteiger partial charge in [-0.1, -0.05) is 0 Å². The number of nitrogens with one attached hydrogen (secondary N) is 1. The summed E-state index contributed by atoms with van der Waals surface area (Å²) in [6.45, 7) is 0.558. The smallest absolute Gasteiger partial charge is 0.306 e. The SMILES string of the molecule is COC(=O)CCNSc1cncc(CCl)c1. The monoisotopic (exact) mass is 260 g/mol. The van der Waals surface area contributed by atoms with Gasteiger partial charge in [0, 0.05) is 29.7 Å². The molecule has 1 heterocycles. The predicted molar refractivity (Wildman–Crippen MR) is 64.3 cm³/mol. The zero-order valence-corrected chi connectivity index (χ0v) is 10.5. The van der Waals surface area contributed by atoms with Gasteiger partial charge in [-0.15, -0.1) is 11.6 Å². The number of hydrogen-bond donors (Lipinski definition) is 1. The summed E-state index contributed by atoms with van der Waals surface area (Å²) in [6, 6.07) is 1.95. The van der Waals surface area contributed by atoms with Crippen molar-refractivity contribution in [3.05, 3.63) is 24.0 Å². The molecule has 16 heavy (non-hydrogen) atoms. The number of pyridine rings is 1. The molecule has 1 aromatic rings. The van der Waals surface area contributed by atoms with Crippen molar-refractivity contribution in [2.45, 2.75) is 17.2 Å². The molecule has 0 bridgehead atoms. The molecule has 0 aliphatic heterocycles. The third-order valence-corrected chi connectivity index (χ3v) is 2.89. The van der Waals surface area contributed by atoms with Crippen LogP contribution in [-0.4, -0.2) is 24.6 Å². The van der Waals surface area contributed by atoms with Crippen molar-refractivity contribution in [2.24, 2.45) is 0 Å². The van der Waals surface area contributed by atoms with Gasteiger partial charge in [-0.3, -0.25) is 14.5 Å². The molecule has 1 N–H and O–H groups in total. The second-order valence-electron chi connectivity index (χ2n) is 2.99. The Morgan fingerprint density at radius 1 is 1.62 bits per heavy atom. The van der Waals surface area contributed by atoms with Crippen molar-refractivity contribution in [1.82, 2.24) is 9.71 Å². The van der Waals surface area contributed by atoms with Crippen molar-refractivity contribution in [3.8, 4) is 0 Å². The number of ether oxygens (including phenoxy) is 1. The van der Waals surface area contributed by atoms with Gasteiger partial charge in [0.25, 0.3) is 0 Å². The predicted octanol–water partition coefficient (Wildman–Crippen LogP) is 1.98. The molecular formula is C10H13ClN2O2S. The Bertz CT molecular complexity index is 349. The van der Waals surface area contributed by atoms with Crippen LogP contribution in [0.1, 0.15) is 12.0 Å². The van der Waals surface area contributed by atoms with Gasteiger partial charge in [-0.2, -0.15) is 0 Å². The molecule has 0 atom stereocenters. The van der Waals surface area contributed by atoms with Gasteiger partial charge >= 0.3 is 5.97 Å². The Labute approximate surface area is 104 Å². The normalized spacial score (nSPS) is 10.1. The molecule has 6 heteroatoms. The van der Waals surface area contributed by atoms with Crippen LogP contribution in [0, 0.1) is 0 Å². The zero-order chi connectivity index (χ0) is 11.8. The standard InChI is InChI=1S/C10H13ClN2O2S/c1-15-10(14)2-3-13-16-9-4-8(5-11)6-12-7-9/h4,6-7,13H,2-3,5H2,1H3. The van der Waals surface area contributed by atoms with Gasteiger partial charge < -0.3 is 4.74 Å². The van der Waals surface area contributed by atoms with E-state index in [9.17, 15) is 4.79 Å². The molecule has 0 aromatic carbocycles. The average molecular weight is 261 g/mol. The zero-order valence-electron chi connectivity index (χ0n) is 8.90. The first-order valence-corrected chi connectivity index (χ1v) is 6.07. The highest BCUT2D eigenvalue weighted by atomic mass is 35.5. The lowest BCUT2D eigenvalue weighted by Crippen LogP contribution is -2.12. The van der Waals surface area contributed by atoms with Crippen LogP contribution >= 0.6 is 23.5 Å². The third kappa shape index (κ3) is 4.83. The van der Waals surface area contributed by atoms with Gasteiger partial charge in [-0.05, 0) is 23.6 Å². The third-order valence-electron chi connectivity index (χ3n) is 1.77. The lowest BCUT2D eigenvalue weighted by molar-refractivity contribution is -0.140. The van der Waals surface area contributed by atoms with E-state index < -0.39 is 0 Å². The molecule has 0 fully saturated rings. The second-order valence-corrected chi connectivity index (χ2v) is 4.22. The minimum atomic E-state index is -0.222. The van der Waals surface area contributed by atoms with Crippen LogP contribution < -0.4 is 4.72 Å². The molecule has 0 unspecified atom stereocenters. The number of esters is 1. The number of rotatable bonds is 6. The van der Waals surface area contributed by atoms with Gasteiger partial charge in [0.05, 0.1) is 13.5 Å². The van der Waals surface area contributed by atoms with Gasteiger partial charge in [-0.25, -0.2) is 0 Å². The Morgan fingerprint density at radius 3 is 3.12 bits per heavy atom. The lowest BCUT2D eigenvalue weighted by atomic mass is 10.3. The number of carbonyl (C=O) groups is 1. The number of hydrogen-bond acceptors (Lipinski definition) is 5. The Kier molecular flexibility index (Phi) is 6.22. The molecule has 0 spiro atoms. The van der Waals surface area contributed by atoms with E-state index in [2.05, 4.69) is 14.4 Å². The van der Waals surface area contributed by atoms with Gasteiger partial charge in [0.2, 0.25) is 0 Å². The van der Waals surface area contributed by atoms with E-state index in [1.54, 1.807) is 12.4 Å². The fraction of sp³-hybridized carbons (Fsp3) is 0.400. The van der Waals surface area contributed by atoms with Crippen LogP contribution in [-0.2, 0) is 15.4 Å². The highest BCUT2D eigenvalue weighted by Gasteiger charge is 2.00. The molecule has 0 aliphatic rings. The van der Waals surface area contributed by atoms with Crippen LogP contribution in [0.5, 0.6) is 0 Å². The highest BCUT2D eigenvalue weighted by Crippen LogP contribution is 2.15. The van der Waals surface area contributed by atoms with E-state index in [4.69, 9.17) is 11.6 Å². The Balaban J connectivity index is 2.28. The van der Waals surface area contributed by atoms with E-state index in [-0.39, 0.29) is 5.97 Å². The molecule has 4 nitrogen and oxygen atoms in total. The van der Waals surface area contributed by atoms with Crippen LogP contribution in [0.4, 0.5) is 0 Å². The maximum Gasteiger partial charge on any atom is 0.306 e. The first kappa shape index (κ1) is 13.3. The minimum absolute atomic E-state index is 0.222. The number of alkyl halides is 1. The molecule has 0 aliphatic carbocycles. The maximum atomic E-state index is 10.8. The fourth-order valence-corrected chi connectivity index (χ4v) is 1.82.